The van der Waals surface area contributed by atoms with E-state index in [4.69, 9.17) is 4.74 Å². The number of benzene rings is 1. The predicted molar refractivity (Wildman–Crippen MR) is 71.5 cm³/mol. The molecule has 1 saturated carbocycles. The Morgan fingerprint density at radius 1 is 1.24 bits per heavy atom. The minimum Gasteiger partial charge on any atom is -0.494 e. The van der Waals surface area contributed by atoms with E-state index in [0.29, 0.717) is 0 Å². The molecule has 0 unspecified atom stereocenters. The Labute approximate surface area is 104 Å². The molecular weight excluding hydrogens is 210 g/mol. The van der Waals surface area contributed by atoms with Crippen molar-refractivity contribution in [3.8, 4) is 5.75 Å². The number of ether oxygens (including phenoxy) is 1. The van der Waals surface area contributed by atoms with Crippen LogP contribution in [0.4, 0.5) is 0 Å². The molecule has 0 heterocycles. The lowest BCUT2D eigenvalue weighted by Crippen LogP contribution is -2.17. The largest absolute Gasteiger partial charge is 0.494 e. The zero-order valence-corrected chi connectivity index (χ0v) is 10.7. The average molecular weight is 233 g/mol. The van der Waals surface area contributed by atoms with Gasteiger partial charge in [-0.2, -0.15) is 0 Å². The van der Waals surface area contributed by atoms with E-state index in [9.17, 15) is 0 Å². The first kappa shape index (κ1) is 12.4. The lowest BCUT2D eigenvalue weighted by Gasteiger charge is -2.07. The van der Waals surface area contributed by atoms with Crippen LogP contribution in [-0.2, 0) is 0 Å². The van der Waals surface area contributed by atoms with Gasteiger partial charge in [0.2, 0.25) is 0 Å². The summed E-state index contributed by atoms with van der Waals surface area (Å²) in [6.45, 7) is 4.11. The molecule has 2 rings (SSSR count). The van der Waals surface area contributed by atoms with E-state index in [2.05, 4.69) is 24.4 Å². The summed E-state index contributed by atoms with van der Waals surface area (Å²) in [6.07, 6.45) is 6.45. The SMILES string of the molecule is Cc1cccc(OCCCCCNC2CC2)c1. The molecule has 2 heteroatoms. The molecule has 1 aromatic carbocycles. The van der Waals surface area contributed by atoms with Crippen LogP contribution in [0.1, 0.15) is 37.7 Å². The van der Waals surface area contributed by atoms with Crippen LogP contribution in [0.2, 0.25) is 0 Å². The lowest BCUT2D eigenvalue weighted by atomic mass is 10.2. The Morgan fingerprint density at radius 2 is 2.12 bits per heavy atom. The second-order valence-corrected chi connectivity index (χ2v) is 4.95. The summed E-state index contributed by atoms with van der Waals surface area (Å²) in [6, 6.07) is 9.11. The van der Waals surface area contributed by atoms with Gasteiger partial charge in [0.05, 0.1) is 6.61 Å². The number of hydrogen-bond donors (Lipinski definition) is 1. The summed E-state index contributed by atoms with van der Waals surface area (Å²) in [5.74, 6) is 1.00. The first-order valence-corrected chi connectivity index (χ1v) is 6.77. The molecule has 0 aromatic heterocycles. The highest BCUT2D eigenvalue weighted by atomic mass is 16.5. The summed E-state index contributed by atoms with van der Waals surface area (Å²) in [5, 5.41) is 3.53. The molecule has 0 amide bonds. The summed E-state index contributed by atoms with van der Waals surface area (Å²) in [4.78, 5) is 0. The van der Waals surface area contributed by atoms with Crippen molar-refractivity contribution in [2.24, 2.45) is 0 Å². The molecule has 0 atom stereocenters. The molecule has 1 aromatic rings. The quantitative estimate of drug-likeness (QED) is 0.696. The van der Waals surface area contributed by atoms with Gasteiger partial charge in [-0.3, -0.25) is 0 Å². The molecule has 94 valence electrons. The molecule has 0 radical (unpaired) electrons. The van der Waals surface area contributed by atoms with Crippen molar-refractivity contribution in [2.75, 3.05) is 13.2 Å². The van der Waals surface area contributed by atoms with Gasteiger partial charge in [0.15, 0.2) is 0 Å². The van der Waals surface area contributed by atoms with Gasteiger partial charge in [-0.05, 0) is 63.3 Å². The third kappa shape index (κ3) is 5.22. The fraction of sp³-hybridized carbons (Fsp3) is 0.600. The van der Waals surface area contributed by atoms with Crippen molar-refractivity contribution in [2.45, 2.75) is 45.1 Å². The van der Waals surface area contributed by atoms with E-state index in [1.54, 1.807) is 0 Å². The van der Waals surface area contributed by atoms with Crippen molar-refractivity contribution in [1.82, 2.24) is 5.32 Å². The van der Waals surface area contributed by atoms with Gasteiger partial charge in [-0.25, -0.2) is 0 Å². The second kappa shape index (κ2) is 6.65. The van der Waals surface area contributed by atoms with Gasteiger partial charge >= 0.3 is 0 Å². The van der Waals surface area contributed by atoms with Crippen LogP contribution in [0, 0.1) is 6.92 Å². The molecule has 0 aliphatic heterocycles. The number of unbranched alkanes of at least 4 members (excludes halogenated alkanes) is 2. The summed E-state index contributed by atoms with van der Waals surface area (Å²) in [7, 11) is 0. The standard InChI is InChI=1S/C15H23NO/c1-13-6-5-7-15(12-13)17-11-4-2-3-10-16-14-8-9-14/h5-7,12,14,16H,2-4,8-11H2,1H3. The van der Waals surface area contributed by atoms with Gasteiger partial charge in [-0.1, -0.05) is 12.1 Å². The average Bonchev–Trinajstić information content (AvgIpc) is 3.12. The minimum absolute atomic E-state index is 0.840. The number of aryl methyl sites for hydroxylation is 1. The van der Waals surface area contributed by atoms with E-state index in [1.807, 2.05) is 12.1 Å². The van der Waals surface area contributed by atoms with Crippen molar-refractivity contribution >= 4 is 0 Å². The summed E-state index contributed by atoms with van der Waals surface area (Å²) >= 11 is 0. The number of hydrogen-bond acceptors (Lipinski definition) is 2. The molecule has 1 fully saturated rings. The third-order valence-corrected chi connectivity index (χ3v) is 3.09. The summed E-state index contributed by atoms with van der Waals surface area (Å²) < 4.78 is 5.71. The van der Waals surface area contributed by atoms with Crippen molar-refractivity contribution in [3.63, 3.8) is 0 Å². The Hall–Kier alpha value is -1.02. The minimum atomic E-state index is 0.840. The molecule has 1 N–H and O–H groups in total. The fourth-order valence-electron chi connectivity index (χ4n) is 1.89. The van der Waals surface area contributed by atoms with Gasteiger partial charge in [0, 0.05) is 6.04 Å². The van der Waals surface area contributed by atoms with Crippen molar-refractivity contribution in [1.29, 1.82) is 0 Å². The first-order chi connectivity index (χ1) is 8.34. The van der Waals surface area contributed by atoms with Crippen LogP contribution in [-0.4, -0.2) is 19.2 Å². The van der Waals surface area contributed by atoms with E-state index < -0.39 is 0 Å². The van der Waals surface area contributed by atoms with Crippen LogP contribution < -0.4 is 10.1 Å². The normalized spacial score (nSPS) is 14.9. The predicted octanol–water partition coefficient (Wildman–Crippen LogP) is 3.30. The maximum absolute atomic E-state index is 5.71. The Morgan fingerprint density at radius 3 is 2.88 bits per heavy atom. The molecule has 0 spiro atoms. The number of rotatable bonds is 8. The molecule has 0 bridgehead atoms. The van der Waals surface area contributed by atoms with Gasteiger partial charge < -0.3 is 10.1 Å². The topological polar surface area (TPSA) is 21.3 Å². The fourth-order valence-corrected chi connectivity index (χ4v) is 1.89. The highest BCUT2D eigenvalue weighted by molar-refractivity contribution is 5.27. The molecule has 17 heavy (non-hydrogen) atoms. The Balaban J connectivity index is 1.47. The third-order valence-electron chi connectivity index (χ3n) is 3.09. The van der Waals surface area contributed by atoms with E-state index in [1.165, 1.54) is 37.8 Å². The molecule has 0 saturated heterocycles. The van der Waals surface area contributed by atoms with E-state index >= 15 is 0 Å². The number of nitrogens with one attached hydrogen (secondary N) is 1. The van der Waals surface area contributed by atoms with Gasteiger partial charge in [-0.15, -0.1) is 0 Å². The second-order valence-electron chi connectivity index (χ2n) is 4.95. The molecule has 1 aliphatic carbocycles. The Bertz CT molecular complexity index is 333. The van der Waals surface area contributed by atoms with Crippen LogP contribution >= 0.6 is 0 Å². The molecular formula is C15H23NO. The monoisotopic (exact) mass is 233 g/mol. The van der Waals surface area contributed by atoms with Crippen LogP contribution in [0.3, 0.4) is 0 Å². The van der Waals surface area contributed by atoms with Crippen molar-refractivity contribution in [3.05, 3.63) is 29.8 Å². The first-order valence-electron chi connectivity index (χ1n) is 6.77. The maximum Gasteiger partial charge on any atom is 0.119 e. The van der Waals surface area contributed by atoms with Gasteiger partial charge in [0.1, 0.15) is 5.75 Å². The van der Waals surface area contributed by atoms with Crippen LogP contribution in [0.5, 0.6) is 5.75 Å². The zero-order valence-electron chi connectivity index (χ0n) is 10.7. The smallest absolute Gasteiger partial charge is 0.119 e. The van der Waals surface area contributed by atoms with E-state index in [-0.39, 0.29) is 0 Å². The van der Waals surface area contributed by atoms with Crippen molar-refractivity contribution < 1.29 is 4.74 Å². The lowest BCUT2D eigenvalue weighted by molar-refractivity contribution is 0.304. The molecule has 2 nitrogen and oxygen atoms in total. The highest BCUT2D eigenvalue weighted by Gasteiger charge is 2.19. The molecule has 1 aliphatic rings. The highest BCUT2D eigenvalue weighted by Crippen LogP contribution is 2.18. The van der Waals surface area contributed by atoms with Crippen LogP contribution in [0.25, 0.3) is 0 Å². The van der Waals surface area contributed by atoms with Crippen LogP contribution in [0.15, 0.2) is 24.3 Å². The van der Waals surface area contributed by atoms with E-state index in [0.717, 1.165) is 24.8 Å². The zero-order chi connectivity index (χ0) is 11.9. The van der Waals surface area contributed by atoms with Gasteiger partial charge in [0.25, 0.3) is 0 Å². The summed E-state index contributed by atoms with van der Waals surface area (Å²) in [5.41, 5.74) is 1.26. The maximum atomic E-state index is 5.71. The Kier molecular flexibility index (Phi) is 4.87.